The summed E-state index contributed by atoms with van der Waals surface area (Å²) in [6, 6.07) is 8.63. The summed E-state index contributed by atoms with van der Waals surface area (Å²) in [7, 11) is 1.69. The highest BCUT2D eigenvalue weighted by molar-refractivity contribution is 5.78. The summed E-state index contributed by atoms with van der Waals surface area (Å²) in [6.45, 7) is 7.51. The van der Waals surface area contributed by atoms with Crippen LogP contribution in [0, 0.1) is 0 Å². The maximum atomic E-state index is 12.6. The van der Waals surface area contributed by atoms with Crippen molar-refractivity contribution in [3.05, 3.63) is 24.3 Å². The number of hydrogen-bond acceptors (Lipinski definition) is 4. The van der Waals surface area contributed by atoms with E-state index in [-0.39, 0.29) is 0 Å². The Hall–Kier alpha value is -1.75. The summed E-state index contributed by atoms with van der Waals surface area (Å²) >= 11 is 0. The Balaban J connectivity index is 1.48. The van der Waals surface area contributed by atoms with E-state index in [4.69, 9.17) is 4.74 Å². The van der Waals surface area contributed by atoms with Crippen LogP contribution in [-0.2, 0) is 4.79 Å². The van der Waals surface area contributed by atoms with Gasteiger partial charge in [-0.2, -0.15) is 0 Å². The van der Waals surface area contributed by atoms with Crippen LogP contribution in [0.3, 0.4) is 0 Å². The molecular weight excluding hydrogens is 302 g/mol. The number of benzene rings is 1. The number of amides is 1. The monoisotopic (exact) mass is 331 g/mol. The molecule has 0 saturated carbocycles. The molecule has 2 aliphatic heterocycles. The fourth-order valence-corrected chi connectivity index (χ4v) is 3.71. The Bertz CT molecular complexity index is 538. The van der Waals surface area contributed by atoms with Gasteiger partial charge in [-0.15, -0.1) is 0 Å². The second-order valence-corrected chi connectivity index (χ2v) is 6.89. The summed E-state index contributed by atoms with van der Waals surface area (Å²) in [5.41, 5.74) is 1.23. The fraction of sp³-hybridized carbons (Fsp3) is 0.632. The zero-order valence-corrected chi connectivity index (χ0v) is 14.9. The van der Waals surface area contributed by atoms with Gasteiger partial charge in [-0.3, -0.25) is 9.69 Å². The van der Waals surface area contributed by atoms with Crippen LogP contribution in [0.4, 0.5) is 5.69 Å². The zero-order chi connectivity index (χ0) is 16.9. The average molecular weight is 331 g/mol. The maximum Gasteiger partial charge on any atom is 0.236 e. The van der Waals surface area contributed by atoms with Gasteiger partial charge in [-0.1, -0.05) is 0 Å². The number of piperidine rings is 1. The normalized spacial score (nSPS) is 22.5. The van der Waals surface area contributed by atoms with Crippen LogP contribution in [-0.4, -0.2) is 68.1 Å². The number of ether oxygens (including phenoxy) is 1. The number of anilines is 1. The largest absolute Gasteiger partial charge is 0.497 e. The molecule has 0 aromatic heterocycles. The molecule has 5 heteroatoms. The van der Waals surface area contributed by atoms with Gasteiger partial charge in [0.15, 0.2) is 0 Å². The molecule has 2 heterocycles. The zero-order valence-electron chi connectivity index (χ0n) is 14.9. The Morgan fingerprint density at radius 3 is 2.42 bits per heavy atom. The molecule has 0 aliphatic carbocycles. The van der Waals surface area contributed by atoms with E-state index in [1.807, 2.05) is 12.1 Å². The minimum absolute atomic E-state index is 0.306. The van der Waals surface area contributed by atoms with Crippen molar-refractivity contribution in [3.63, 3.8) is 0 Å². The smallest absolute Gasteiger partial charge is 0.236 e. The lowest BCUT2D eigenvalue weighted by atomic mass is 10.0. The van der Waals surface area contributed by atoms with Gasteiger partial charge in [-0.05, 0) is 50.5 Å². The average Bonchev–Trinajstić information content (AvgIpc) is 2.63. The van der Waals surface area contributed by atoms with Crippen molar-refractivity contribution in [2.45, 2.75) is 32.2 Å². The van der Waals surface area contributed by atoms with Gasteiger partial charge in [0.2, 0.25) is 5.91 Å². The summed E-state index contributed by atoms with van der Waals surface area (Å²) in [5.74, 6) is 1.19. The van der Waals surface area contributed by atoms with E-state index in [1.165, 1.54) is 12.1 Å². The molecule has 1 amide bonds. The lowest BCUT2D eigenvalue weighted by molar-refractivity contribution is -0.135. The molecule has 5 nitrogen and oxygen atoms in total. The van der Waals surface area contributed by atoms with Crippen molar-refractivity contribution in [1.82, 2.24) is 9.80 Å². The van der Waals surface area contributed by atoms with Gasteiger partial charge in [0.05, 0.1) is 13.7 Å². The number of hydrogen-bond donors (Lipinski definition) is 0. The van der Waals surface area contributed by atoms with E-state index in [0.29, 0.717) is 18.5 Å². The van der Waals surface area contributed by atoms with Crippen LogP contribution < -0.4 is 9.64 Å². The predicted octanol–water partition coefficient (Wildman–Crippen LogP) is 2.22. The van der Waals surface area contributed by atoms with Gasteiger partial charge in [0.25, 0.3) is 0 Å². The van der Waals surface area contributed by atoms with Crippen molar-refractivity contribution in [3.8, 4) is 5.75 Å². The first-order valence-electron chi connectivity index (χ1n) is 9.08. The number of carbonyl (C=O) groups is 1. The molecule has 2 saturated heterocycles. The van der Waals surface area contributed by atoms with Crippen LogP contribution >= 0.6 is 0 Å². The molecule has 1 atom stereocenters. The first-order chi connectivity index (χ1) is 11.7. The van der Waals surface area contributed by atoms with E-state index in [0.717, 1.165) is 51.3 Å². The first-order valence-corrected chi connectivity index (χ1v) is 9.08. The second-order valence-electron chi connectivity index (χ2n) is 6.89. The van der Waals surface area contributed by atoms with Crippen LogP contribution in [0.5, 0.6) is 5.75 Å². The molecular formula is C19H29N3O2. The third-order valence-electron chi connectivity index (χ3n) is 5.29. The van der Waals surface area contributed by atoms with Crippen LogP contribution in [0.1, 0.15) is 26.2 Å². The number of nitrogens with zero attached hydrogens (tertiary/aromatic N) is 3. The topological polar surface area (TPSA) is 36.0 Å². The van der Waals surface area contributed by atoms with Crippen molar-refractivity contribution >= 4 is 11.6 Å². The van der Waals surface area contributed by atoms with E-state index >= 15 is 0 Å². The highest BCUT2D eigenvalue weighted by Gasteiger charge is 2.26. The molecule has 0 N–H and O–H groups in total. The van der Waals surface area contributed by atoms with Gasteiger partial charge >= 0.3 is 0 Å². The summed E-state index contributed by atoms with van der Waals surface area (Å²) < 4.78 is 5.21. The van der Waals surface area contributed by atoms with E-state index < -0.39 is 0 Å². The van der Waals surface area contributed by atoms with Gasteiger partial charge in [0, 0.05) is 44.5 Å². The molecule has 2 aliphatic rings. The number of likely N-dealkylation sites (tertiary alicyclic amines) is 1. The second kappa shape index (κ2) is 7.88. The number of rotatable bonds is 4. The first kappa shape index (κ1) is 17.1. The molecule has 132 valence electrons. The third-order valence-corrected chi connectivity index (χ3v) is 5.29. The number of carbonyl (C=O) groups excluding carboxylic acids is 1. The van der Waals surface area contributed by atoms with Crippen molar-refractivity contribution in [2.24, 2.45) is 0 Å². The number of piperazine rings is 1. The van der Waals surface area contributed by atoms with Gasteiger partial charge < -0.3 is 14.5 Å². The van der Waals surface area contributed by atoms with Crippen LogP contribution in [0.25, 0.3) is 0 Å². The van der Waals surface area contributed by atoms with Crippen molar-refractivity contribution < 1.29 is 9.53 Å². The lowest BCUT2D eigenvalue weighted by Gasteiger charge is -2.38. The summed E-state index contributed by atoms with van der Waals surface area (Å²) in [4.78, 5) is 19.3. The van der Waals surface area contributed by atoms with Crippen molar-refractivity contribution in [2.75, 3.05) is 51.3 Å². The predicted molar refractivity (Wildman–Crippen MR) is 96.7 cm³/mol. The summed E-state index contributed by atoms with van der Waals surface area (Å²) in [5, 5.41) is 0. The maximum absolute atomic E-state index is 12.6. The minimum Gasteiger partial charge on any atom is -0.497 e. The molecule has 0 spiro atoms. The van der Waals surface area contributed by atoms with Crippen LogP contribution in [0.2, 0.25) is 0 Å². The fourth-order valence-electron chi connectivity index (χ4n) is 3.71. The molecule has 0 bridgehead atoms. The van der Waals surface area contributed by atoms with E-state index in [1.54, 1.807) is 7.11 Å². The minimum atomic E-state index is 0.306. The molecule has 0 radical (unpaired) electrons. The Morgan fingerprint density at radius 1 is 1.08 bits per heavy atom. The Morgan fingerprint density at radius 2 is 1.79 bits per heavy atom. The molecule has 2 fully saturated rings. The molecule has 24 heavy (non-hydrogen) atoms. The van der Waals surface area contributed by atoms with Gasteiger partial charge in [0.1, 0.15) is 5.75 Å². The van der Waals surface area contributed by atoms with Crippen molar-refractivity contribution in [1.29, 1.82) is 0 Å². The van der Waals surface area contributed by atoms with E-state index in [9.17, 15) is 4.79 Å². The SMILES string of the molecule is COc1ccc(N2CCN(CC(=O)N3CCCCC3C)CC2)cc1. The van der Waals surface area contributed by atoms with Crippen LogP contribution in [0.15, 0.2) is 24.3 Å². The molecule has 3 rings (SSSR count). The standard InChI is InChI=1S/C19H29N3O2/c1-16-5-3-4-10-22(16)19(23)15-20-11-13-21(14-12-20)17-6-8-18(24-2)9-7-17/h6-9,16H,3-5,10-15H2,1-2H3. The van der Waals surface area contributed by atoms with E-state index in [2.05, 4.69) is 33.8 Å². The lowest BCUT2D eigenvalue weighted by Crippen LogP contribution is -2.52. The quantitative estimate of drug-likeness (QED) is 0.848. The molecule has 1 aromatic rings. The number of methoxy groups -OCH3 is 1. The highest BCUT2D eigenvalue weighted by Crippen LogP contribution is 2.21. The highest BCUT2D eigenvalue weighted by atomic mass is 16.5. The molecule has 1 aromatic carbocycles. The Labute approximate surface area is 145 Å². The Kier molecular flexibility index (Phi) is 5.61. The molecule has 1 unspecified atom stereocenters. The summed E-state index contributed by atoms with van der Waals surface area (Å²) in [6.07, 6.45) is 3.56. The van der Waals surface area contributed by atoms with Gasteiger partial charge in [-0.25, -0.2) is 0 Å². The third kappa shape index (κ3) is 4.01.